The summed E-state index contributed by atoms with van der Waals surface area (Å²) in [6.45, 7) is -0.437. The van der Waals surface area contributed by atoms with Crippen molar-refractivity contribution >= 4 is 28.5 Å². The van der Waals surface area contributed by atoms with E-state index in [0.717, 1.165) is 10.9 Å². The number of ether oxygens (including phenoxy) is 1. The summed E-state index contributed by atoms with van der Waals surface area (Å²) in [5.74, 6) is -1.13. The maximum absolute atomic E-state index is 12.0. The predicted molar refractivity (Wildman–Crippen MR) is 88.4 cm³/mol. The summed E-state index contributed by atoms with van der Waals surface area (Å²) in [7, 11) is 0. The van der Waals surface area contributed by atoms with E-state index in [1.54, 1.807) is 30.3 Å². The Morgan fingerprint density at radius 3 is 2.67 bits per heavy atom. The van der Waals surface area contributed by atoms with Crippen LogP contribution in [0.3, 0.4) is 0 Å². The van der Waals surface area contributed by atoms with Gasteiger partial charge in [-0.2, -0.15) is 5.26 Å². The van der Waals surface area contributed by atoms with Crippen molar-refractivity contribution in [2.24, 2.45) is 0 Å². The van der Waals surface area contributed by atoms with Crippen molar-refractivity contribution in [3.8, 4) is 6.07 Å². The van der Waals surface area contributed by atoms with Crippen molar-refractivity contribution in [1.29, 1.82) is 5.26 Å². The fourth-order valence-corrected chi connectivity index (χ4v) is 2.27. The van der Waals surface area contributed by atoms with Crippen LogP contribution in [0.15, 0.2) is 54.6 Å². The van der Waals surface area contributed by atoms with Gasteiger partial charge in [0.2, 0.25) is 0 Å². The molecule has 2 aromatic carbocycles. The minimum atomic E-state index is -0.616. The average molecular weight is 319 g/mol. The monoisotopic (exact) mass is 319 g/mol. The number of nitrogens with zero attached hydrogens (tertiary/aromatic N) is 1. The molecular formula is C18H13N3O3. The molecule has 1 heterocycles. The standard InChI is InChI=1S/C18H13N3O3/c19-10-13-6-2-4-8-15(13)21-17(22)11-24-18(23)16-9-12-5-1-3-7-14(12)20-16/h1-9,20H,11H2,(H,21,22). The number of amides is 1. The van der Waals surface area contributed by atoms with E-state index >= 15 is 0 Å². The van der Waals surface area contributed by atoms with Crippen molar-refractivity contribution in [1.82, 2.24) is 4.98 Å². The summed E-state index contributed by atoms with van der Waals surface area (Å²) in [5.41, 5.74) is 1.82. The molecule has 2 N–H and O–H groups in total. The third kappa shape index (κ3) is 3.25. The second-order valence-corrected chi connectivity index (χ2v) is 5.05. The lowest BCUT2D eigenvalue weighted by molar-refractivity contribution is -0.119. The Labute approximate surface area is 137 Å². The number of carbonyl (C=O) groups is 2. The molecule has 3 aromatic rings. The van der Waals surface area contributed by atoms with E-state index in [4.69, 9.17) is 10.00 Å². The van der Waals surface area contributed by atoms with E-state index in [0.29, 0.717) is 11.3 Å². The molecule has 0 saturated carbocycles. The van der Waals surface area contributed by atoms with Crippen LogP contribution < -0.4 is 5.32 Å². The molecule has 1 amide bonds. The minimum Gasteiger partial charge on any atom is -0.451 e. The number of H-pyrrole nitrogens is 1. The molecule has 0 unspecified atom stereocenters. The molecule has 0 aliphatic carbocycles. The van der Waals surface area contributed by atoms with Gasteiger partial charge >= 0.3 is 5.97 Å². The fraction of sp³-hybridized carbons (Fsp3) is 0.0556. The lowest BCUT2D eigenvalue weighted by atomic mass is 10.2. The Bertz CT molecular complexity index is 920. The smallest absolute Gasteiger partial charge is 0.355 e. The Balaban J connectivity index is 1.61. The van der Waals surface area contributed by atoms with Crippen LogP contribution in [0, 0.1) is 11.3 Å². The third-order valence-electron chi connectivity index (χ3n) is 3.41. The van der Waals surface area contributed by atoms with Crippen LogP contribution in [0.1, 0.15) is 16.1 Å². The molecule has 0 saturated heterocycles. The molecule has 118 valence electrons. The first-order valence-electron chi connectivity index (χ1n) is 7.21. The molecule has 6 nitrogen and oxygen atoms in total. The first-order chi connectivity index (χ1) is 11.7. The Morgan fingerprint density at radius 1 is 1.12 bits per heavy atom. The highest BCUT2D eigenvalue weighted by Crippen LogP contribution is 2.16. The van der Waals surface area contributed by atoms with Gasteiger partial charge in [-0.25, -0.2) is 4.79 Å². The number of nitriles is 1. The molecule has 3 rings (SSSR count). The zero-order chi connectivity index (χ0) is 16.9. The molecule has 1 aromatic heterocycles. The second kappa shape index (κ2) is 6.67. The first kappa shape index (κ1) is 15.3. The topological polar surface area (TPSA) is 95.0 Å². The second-order valence-electron chi connectivity index (χ2n) is 5.05. The SMILES string of the molecule is N#Cc1ccccc1NC(=O)COC(=O)c1cc2ccccc2[nH]1. The van der Waals surface area contributed by atoms with Gasteiger partial charge in [0.05, 0.1) is 11.3 Å². The molecule has 0 radical (unpaired) electrons. The third-order valence-corrected chi connectivity index (χ3v) is 3.41. The fourth-order valence-electron chi connectivity index (χ4n) is 2.27. The molecule has 0 fully saturated rings. The number of carbonyl (C=O) groups excluding carboxylic acids is 2. The van der Waals surface area contributed by atoms with E-state index < -0.39 is 18.5 Å². The number of hydrogen-bond donors (Lipinski definition) is 2. The van der Waals surface area contributed by atoms with E-state index in [2.05, 4.69) is 10.3 Å². The Morgan fingerprint density at radius 2 is 1.88 bits per heavy atom. The van der Waals surface area contributed by atoms with E-state index in [-0.39, 0.29) is 5.69 Å². The van der Waals surface area contributed by atoms with Crippen molar-refractivity contribution in [2.75, 3.05) is 11.9 Å². The van der Waals surface area contributed by atoms with E-state index in [1.807, 2.05) is 30.3 Å². The minimum absolute atomic E-state index is 0.279. The van der Waals surface area contributed by atoms with Gasteiger partial charge in [0.15, 0.2) is 6.61 Å². The number of nitrogens with one attached hydrogen (secondary N) is 2. The van der Waals surface area contributed by atoms with Crippen LogP contribution in [0.4, 0.5) is 5.69 Å². The summed E-state index contributed by atoms with van der Waals surface area (Å²) >= 11 is 0. The molecule has 0 atom stereocenters. The maximum atomic E-state index is 12.0. The molecule has 0 aliphatic rings. The predicted octanol–water partition coefficient (Wildman–Crippen LogP) is 2.84. The summed E-state index contributed by atoms with van der Waals surface area (Å²) in [6, 6.07) is 17.7. The summed E-state index contributed by atoms with van der Waals surface area (Å²) in [6.07, 6.45) is 0. The quantitative estimate of drug-likeness (QED) is 0.723. The van der Waals surface area contributed by atoms with Gasteiger partial charge in [0.1, 0.15) is 11.8 Å². The highest BCUT2D eigenvalue weighted by atomic mass is 16.5. The summed E-state index contributed by atoms with van der Waals surface area (Å²) in [5, 5.41) is 12.4. The van der Waals surface area contributed by atoms with Crippen LogP contribution in [0.2, 0.25) is 0 Å². The van der Waals surface area contributed by atoms with Crippen molar-refractivity contribution in [2.45, 2.75) is 0 Å². The summed E-state index contributed by atoms with van der Waals surface area (Å²) < 4.78 is 5.00. The van der Waals surface area contributed by atoms with Crippen LogP contribution in [-0.4, -0.2) is 23.5 Å². The van der Waals surface area contributed by atoms with E-state index in [9.17, 15) is 9.59 Å². The first-order valence-corrected chi connectivity index (χ1v) is 7.21. The molecular weight excluding hydrogens is 306 g/mol. The Kier molecular flexibility index (Phi) is 4.25. The number of esters is 1. The van der Waals surface area contributed by atoms with Gasteiger partial charge in [-0.3, -0.25) is 4.79 Å². The number of benzene rings is 2. The Hall–Kier alpha value is -3.59. The van der Waals surface area contributed by atoms with Crippen LogP contribution in [0.25, 0.3) is 10.9 Å². The number of rotatable bonds is 4. The molecule has 0 aliphatic heterocycles. The maximum Gasteiger partial charge on any atom is 0.355 e. The van der Waals surface area contributed by atoms with Gasteiger partial charge in [0, 0.05) is 10.9 Å². The average Bonchev–Trinajstić information content (AvgIpc) is 3.04. The highest BCUT2D eigenvalue weighted by Gasteiger charge is 2.13. The number of aromatic nitrogens is 1. The number of aromatic amines is 1. The number of para-hydroxylation sites is 2. The number of anilines is 1. The highest BCUT2D eigenvalue weighted by molar-refractivity contribution is 5.98. The normalized spacial score (nSPS) is 10.1. The van der Waals surface area contributed by atoms with Crippen molar-refractivity contribution in [3.05, 3.63) is 65.9 Å². The van der Waals surface area contributed by atoms with Crippen LogP contribution >= 0.6 is 0 Å². The zero-order valence-corrected chi connectivity index (χ0v) is 12.6. The number of hydrogen-bond acceptors (Lipinski definition) is 4. The van der Waals surface area contributed by atoms with Gasteiger partial charge < -0.3 is 15.0 Å². The van der Waals surface area contributed by atoms with Gasteiger partial charge in [-0.05, 0) is 24.3 Å². The zero-order valence-electron chi connectivity index (χ0n) is 12.6. The lowest BCUT2D eigenvalue weighted by Crippen LogP contribution is -2.21. The molecule has 6 heteroatoms. The number of fused-ring (bicyclic) bond motifs is 1. The van der Waals surface area contributed by atoms with E-state index in [1.165, 1.54) is 0 Å². The van der Waals surface area contributed by atoms with Crippen molar-refractivity contribution < 1.29 is 14.3 Å². The van der Waals surface area contributed by atoms with Gasteiger partial charge in [-0.15, -0.1) is 0 Å². The lowest BCUT2D eigenvalue weighted by Gasteiger charge is -2.07. The van der Waals surface area contributed by atoms with Gasteiger partial charge in [0.25, 0.3) is 5.91 Å². The van der Waals surface area contributed by atoms with Crippen LogP contribution in [0.5, 0.6) is 0 Å². The molecule has 0 spiro atoms. The van der Waals surface area contributed by atoms with Gasteiger partial charge in [-0.1, -0.05) is 30.3 Å². The molecule has 24 heavy (non-hydrogen) atoms. The van der Waals surface area contributed by atoms with Crippen LogP contribution in [-0.2, 0) is 9.53 Å². The summed E-state index contributed by atoms with van der Waals surface area (Å²) in [4.78, 5) is 26.8. The largest absolute Gasteiger partial charge is 0.451 e. The molecule has 0 bridgehead atoms. The van der Waals surface area contributed by atoms with Crippen molar-refractivity contribution in [3.63, 3.8) is 0 Å².